The van der Waals surface area contributed by atoms with Gasteiger partial charge in [0.1, 0.15) is 11.4 Å². The van der Waals surface area contributed by atoms with Gasteiger partial charge in [-0.2, -0.15) is 18.3 Å². The number of aryl methyl sites for hydroxylation is 1. The zero-order chi connectivity index (χ0) is 17.5. The summed E-state index contributed by atoms with van der Waals surface area (Å²) in [6.45, 7) is 3.21. The summed E-state index contributed by atoms with van der Waals surface area (Å²) in [6, 6.07) is 1.55. The summed E-state index contributed by atoms with van der Waals surface area (Å²) >= 11 is 11.9. The van der Waals surface area contributed by atoms with Crippen LogP contribution in [-0.2, 0) is 15.3 Å². The first-order valence-corrected chi connectivity index (χ1v) is 8.15. The molecule has 0 aliphatic carbocycles. The predicted molar refractivity (Wildman–Crippen MR) is 82.3 cm³/mol. The third-order valence-electron chi connectivity index (χ3n) is 3.16. The van der Waals surface area contributed by atoms with Gasteiger partial charge in [-0.1, -0.05) is 23.2 Å². The summed E-state index contributed by atoms with van der Waals surface area (Å²) in [5, 5.41) is 4.10. The van der Waals surface area contributed by atoms with E-state index in [1.54, 1.807) is 13.8 Å². The van der Waals surface area contributed by atoms with E-state index >= 15 is 0 Å². The summed E-state index contributed by atoms with van der Waals surface area (Å²) in [6.07, 6.45) is -4.56. The largest absolute Gasteiger partial charge is 0.552 e. The van der Waals surface area contributed by atoms with Crippen molar-refractivity contribution in [1.29, 1.82) is 0 Å². The molecule has 1 atom stereocenters. The first-order valence-electron chi connectivity index (χ1n) is 6.22. The molecule has 0 amide bonds. The van der Waals surface area contributed by atoms with Gasteiger partial charge in [0.15, 0.2) is 0 Å². The number of hydrogen-bond acceptors (Lipinski definition) is 3. The van der Waals surface area contributed by atoms with Crippen LogP contribution in [0.4, 0.5) is 13.2 Å². The van der Waals surface area contributed by atoms with Crippen molar-refractivity contribution in [3.8, 4) is 5.69 Å². The highest BCUT2D eigenvalue weighted by molar-refractivity contribution is 7.48. The molecule has 0 aliphatic heterocycles. The van der Waals surface area contributed by atoms with Crippen molar-refractivity contribution in [1.82, 2.24) is 9.78 Å². The highest BCUT2D eigenvalue weighted by Gasteiger charge is 2.35. The highest BCUT2D eigenvalue weighted by atomic mass is 35.5. The van der Waals surface area contributed by atoms with Gasteiger partial charge in [0.25, 0.3) is 5.30 Å². The van der Waals surface area contributed by atoms with Gasteiger partial charge in [-0.05, 0) is 30.5 Å². The van der Waals surface area contributed by atoms with Gasteiger partial charge in [0.2, 0.25) is 0 Å². The van der Waals surface area contributed by atoms with Crippen LogP contribution in [0.2, 0.25) is 10.0 Å². The fourth-order valence-electron chi connectivity index (χ4n) is 2.14. The molecule has 1 heterocycles. The van der Waals surface area contributed by atoms with Crippen LogP contribution in [0.3, 0.4) is 0 Å². The molecular formula is C13H11Cl2F3N2O2P+. The molecule has 0 spiro atoms. The monoisotopic (exact) mass is 385 g/mol. The maximum Gasteiger partial charge on any atom is 0.552 e. The molecule has 2 rings (SSSR count). The number of benzene rings is 1. The van der Waals surface area contributed by atoms with Crippen molar-refractivity contribution < 1.29 is 22.3 Å². The van der Waals surface area contributed by atoms with Gasteiger partial charge >= 0.3 is 14.2 Å². The molecule has 1 unspecified atom stereocenters. The van der Waals surface area contributed by atoms with Gasteiger partial charge in [0, 0.05) is 0 Å². The second kappa shape index (κ2) is 6.40. The van der Waals surface area contributed by atoms with Crippen molar-refractivity contribution in [2.45, 2.75) is 20.0 Å². The number of aromatic nitrogens is 2. The second-order valence-electron chi connectivity index (χ2n) is 4.66. The molecule has 1 aromatic heterocycles. The molecule has 124 valence electrons. The Kier molecular flexibility index (Phi) is 5.06. The van der Waals surface area contributed by atoms with E-state index in [-0.39, 0.29) is 15.7 Å². The van der Waals surface area contributed by atoms with Crippen molar-refractivity contribution in [2.24, 2.45) is 0 Å². The van der Waals surface area contributed by atoms with E-state index in [1.165, 1.54) is 11.8 Å². The summed E-state index contributed by atoms with van der Waals surface area (Å²) in [5.41, 5.74) is -0.0276. The molecule has 0 N–H and O–H groups in total. The normalized spacial score (nSPS) is 12.6. The minimum Gasteiger partial charge on any atom is -0.230 e. The van der Waals surface area contributed by atoms with E-state index in [1.807, 2.05) is 0 Å². The Morgan fingerprint density at radius 3 is 2.17 bits per heavy atom. The molecule has 0 aliphatic rings. The van der Waals surface area contributed by atoms with E-state index in [4.69, 9.17) is 27.7 Å². The first kappa shape index (κ1) is 18.2. The van der Waals surface area contributed by atoms with Crippen LogP contribution in [-0.4, -0.2) is 16.9 Å². The van der Waals surface area contributed by atoms with E-state index < -0.39 is 19.8 Å². The third kappa shape index (κ3) is 3.38. The van der Waals surface area contributed by atoms with Gasteiger partial charge < -0.3 is 0 Å². The van der Waals surface area contributed by atoms with Crippen LogP contribution in [0.5, 0.6) is 0 Å². The van der Waals surface area contributed by atoms with E-state index in [0.717, 1.165) is 12.1 Å². The molecule has 0 bridgehead atoms. The molecular weight excluding hydrogens is 375 g/mol. The number of hydrogen-bond donors (Lipinski definition) is 0. The molecule has 0 fully saturated rings. The zero-order valence-corrected chi connectivity index (χ0v) is 14.6. The third-order valence-corrected chi connectivity index (χ3v) is 5.08. The van der Waals surface area contributed by atoms with E-state index in [2.05, 4.69) is 5.10 Å². The van der Waals surface area contributed by atoms with Crippen molar-refractivity contribution >= 4 is 36.5 Å². The van der Waals surface area contributed by atoms with Crippen molar-refractivity contribution in [2.75, 3.05) is 7.11 Å². The molecule has 4 nitrogen and oxygen atoms in total. The summed E-state index contributed by atoms with van der Waals surface area (Å²) in [5.74, 6) is 0. The minimum absolute atomic E-state index is 0.0905. The molecule has 23 heavy (non-hydrogen) atoms. The summed E-state index contributed by atoms with van der Waals surface area (Å²) < 4.78 is 56.3. The minimum atomic E-state index is -4.56. The lowest BCUT2D eigenvalue weighted by molar-refractivity contribution is -0.137. The molecule has 0 saturated heterocycles. The van der Waals surface area contributed by atoms with Crippen molar-refractivity contribution in [3.05, 3.63) is 39.1 Å². The average molecular weight is 386 g/mol. The van der Waals surface area contributed by atoms with Crippen molar-refractivity contribution in [3.63, 3.8) is 0 Å². The van der Waals surface area contributed by atoms with Crippen LogP contribution in [0, 0.1) is 13.8 Å². The zero-order valence-electron chi connectivity index (χ0n) is 12.2. The predicted octanol–water partition coefficient (Wildman–Crippen LogP) is 4.83. The van der Waals surface area contributed by atoms with Crippen LogP contribution in [0.25, 0.3) is 5.69 Å². The number of halogens is 5. The lowest BCUT2D eigenvalue weighted by Crippen LogP contribution is -2.09. The SMILES string of the molecule is CO[P+](=O)c1c(C)nn(-c2c(Cl)cc(C(F)(F)F)cc2Cl)c1C. The average Bonchev–Trinajstić information content (AvgIpc) is 2.71. The summed E-state index contributed by atoms with van der Waals surface area (Å²) in [7, 11) is -0.843. The molecule has 0 radical (unpaired) electrons. The second-order valence-corrected chi connectivity index (χ2v) is 6.80. The first-order chi connectivity index (χ1) is 10.6. The summed E-state index contributed by atoms with van der Waals surface area (Å²) in [4.78, 5) is 0. The fraction of sp³-hybridized carbons (Fsp3) is 0.308. The Balaban J connectivity index is 2.67. The Bertz CT molecular complexity index is 767. The van der Waals surface area contributed by atoms with Gasteiger partial charge in [-0.25, -0.2) is 4.68 Å². The van der Waals surface area contributed by atoms with Gasteiger partial charge in [-0.3, -0.25) is 0 Å². The van der Waals surface area contributed by atoms with Gasteiger partial charge in [0.05, 0.1) is 28.4 Å². The van der Waals surface area contributed by atoms with Crippen LogP contribution in [0.1, 0.15) is 17.0 Å². The van der Waals surface area contributed by atoms with E-state index in [9.17, 15) is 17.7 Å². The maximum absolute atomic E-state index is 12.8. The standard InChI is InChI=1S/C13H11Cl2F3N2O2P/c1-6-12(23(21)22-3)7(2)20(19-6)11-9(14)4-8(5-10(11)15)13(16,17)18/h4-5H,1-3H3/q+1. The molecule has 1 aromatic carbocycles. The molecule has 2 aromatic rings. The van der Waals surface area contributed by atoms with Crippen LogP contribution >= 0.6 is 31.2 Å². The number of rotatable bonds is 3. The van der Waals surface area contributed by atoms with Crippen LogP contribution in [0.15, 0.2) is 12.1 Å². The molecule has 10 heteroatoms. The Hall–Kier alpha value is -1.14. The molecule has 0 saturated carbocycles. The van der Waals surface area contributed by atoms with Gasteiger partial charge in [-0.15, -0.1) is 4.52 Å². The Morgan fingerprint density at radius 2 is 1.74 bits per heavy atom. The number of nitrogens with zero attached hydrogens (tertiary/aromatic N) is 2. The Labute approximate surface area is 141 Å². The fourth-order valence-corrected chi connectivity index (χ4v) is 3.64. The Morgan fingerprint density at radius 1 is 1.22 bits per heavy atom. The lowest BCUT2D eigenvalue weighted by atomic mass is 10.2. The quantitative estimate of drug-likeness (QED) is 0.710. The topological polar surface area (TPSA) is 44.1 Å². The van der Waals surface area contributed by atoms with E-state index in [0.29, 0.717) is 16.7 Å². The lowest BCUT2D eigenvalue weighted by Gasteiger charge is -2.13. The highest BCUT2D eigenvalue weighted by Crippen LogP contribution is 2.38. The number of alkyl halides is 3. The smallest absolute Gasteiger partial charge is 0.230 e. The maximum atomic E-state index is 12.8. The van der Waals surface area contributed by atoms with Crippen LogP contribution < -0.4 is 5.30 Å².